The number of carbonyl (C=O) groups is 4. The molecule has 8 heteroatoms. The number of hydrogen-bond donors (Lipinski definition) is 1. The van der Waals surface area contributed by atoms with E-state index in [0.29, 0.717) is 11.4 Å². The molecule has 0 unspecified atom stereocenters. The second-order valence-electron chi connectivity index (χ2n) is 7.56. The summed E-state index contributed by atoms with van der Waals surface area (Å²) in [4.78, 5) is 51.4. The zero-order valence-corrected chi connectivity index (χ0v) is 17.8. The van der Waals surface area contributed by atoms with E-state index < -0.39 is 36.1 Å². The Morgan fingerprint density at radius 3 is 2.36 bits per heavy atom. The van der Waals surface area contributed by atoms with Crippen molar-refractivity contribution in [3.63, 3.8) is 0 Å². The number of nitrogens with one attached hydrogen (secondary N) is 1. The van der Waals surface area contributed by atoms with E-state index in [1.165, 1.54) is 42.5 Å². The fourth-order valence-corrected chi connectivity index (χ4v) is 3.51. The number of fused-ring (bicyclic) bond motifs is 1. The molecule has 0 saturated heterocycles. The number of benzene rings is 3. The van der Waals surface area contributed by atoms with Gasteiger partial charge in [0.05, 0.1) is 22.4 Å². The van der Waals surface area contributed by atoms with Gasteiger partial charge in [0.2, 0.25) is 0 Å². The molecule has 7 nitrogen and oxygen atoms in total. The van der Waals surface area contributed by atoms with Crippen LogP contribution in [0.2, 0.25) is 0 Å². The van der Waals surface area contributed by atoms with Crippen LogP contribution < -0.4 is 10.2 Å². The Bertz CT molecular complexity index is 1300. The van der Waals surface area contributed by atoms with Crippen molar-refractivity contribution in [3.8, 4) is 0 Å². The Hall–Kier alpha value is -4.33. The molecule has 0 spiro atoms. The van der Waals surface area contributed by atoms with Crippen molar-refractivity contribution in [1.29, 1.82) is 0 Å². The number of hydrogen-bond acceptors (Lipinski definition) is 5. The molecular weight excluding hydrogens is 427 g/mol. The van der Waals surface area contributed by atoms with Gasteiger partial charge in [-0.1, -0.05) is 12.1 Å². The molecule has 3 amide bonds. The summed E-state index contributed by atoms with van der Waals surface area (Å²) in [5.41, 5.74) is 2.89. The fraction of sp³-hybridized carbons (Fsp3) is 0.120. The second-order valence-corrected chi connectivity index (χ2v) is 7.56. The van der Waals surface area contributed by atoms with Crippen molar-refractivity contribution < 1.29 is 28.3 Å². The number of anilines is 2. The third-order valence-corrected chi connectivity index (χ3v) is 5.40. The molecule has 33 heavy (non-hydrogen) atoms. The number of nitrogens with zero attached hydrogens (tertiary/aromatic N) is 1. The van der Waals surface area contributed by atoms with Gasteiger partial charge in [-0.3, -0.25) is 14.4 Å². The van der Waals surface area contributed by atoms with Crippen molar-refractivity contribution >= 4 is 35.1 Å². The highest BCUT2D eigenvalue weighted by Crippen LogP contribution is 2.32. The number of esters is 1. The van der Waals surface area contributed by atoms with Crippen LogP contribution in [0.5, 0.6) is 0 Å². The lowest BCUT2D eigenvalue weighted by Crippen LogP contribution is -2.30. The highest BCUT2D eigenvalue weighted by molar-refractivity contribution is 6.35. The first-order chi connectivity index (χ1) is 15.8. The molecule has 3 aromatic rings. The van der Waals surface area contributed by atoms with Crippen molar-refractivity contribution in [3.05, 3.63) is 94.3 Å². The molecule has 0 aromatic heterocycles. The van der Waals surface area contributed by atoms with Gasteiger partial charge in [0.15, 0.2) is 6.61 Å². The van der Waals surface area contributed by atoms with Crippen LogP contribution in [0.25, 0.3) is 0 Å². The predicted molar refractivity (Wildman–Crippen MR) is 119 cm³/mol. The molecule has 0 radical (unpaired) electrons. The minimum Gasteiger partial charge on any atom is -0.452 e. The molecule has 0 atom stereocenters. The molecule has 166 valence electrons. The van der Waals surface area contributed by atoms with E-state index >= 15 is 0 Å². The smallest absolute Gasteiger partial charge is 0.338 e. The molecule has 4 rings (SSSR count). The van der Waals surface area contributed by atoms with E-state index in [4.69, 9.17) is 4.74 Å². The summed E-state index contributed by atoms with van der Waals surface area (Å²) in [7, 11) is 0. The highest BCUT2D eigenvalue weighted by atomic mass is 19.1. The molecule has 1 aliphatic rings. The van der Waals surface area contributed by atoms with Crippen LogP contribution >= 0.6 is 0 Å². The van der Waals surface area contributed by atoms with E-state index in [1.807, 2.05) is 19.9 Å². The van der Waals surface area contributed by atoms with Gasteiger partial charge in [-0.25, -0.2) is 14.1 Å². The lowest BCUT2D eigenvalue weighted by Gasteiger charge is -2.17. The summed E-state index contributed by atoms with van der Waals surface area (Å²) in [5, 5.41) is 2.48. The Balaban J connectivity index is 1.47. The molecule has 0 aliphatic carbocycles. The number of carbonyl (C=O) groups excluding carboxylic acids is 4. The molecule has 0 fully saturated rings. The van der Waals surface area contributed by atoms with Crippen LogP contribution in [-0.2, 0) is 9.53 Å². The predicted octanol–water partition coefficient (Wildman–Crippen LogP) is 4.04. The third kappa shape index (κ3) is 4.23. The number of halogens is 1. The number of imide groups is 1. The van der Waals surface area contributed by atoms with Crippen LogP contribution in [0.15, 0.2) is 60.7 Å². The van der Waals surface area contributed by atoms with Crippen molar-refractivity contribution in [2.24, 2.45) is 0 Å². The first kappa shape index (κ1) is 21.9. The van der Waals surface area contributed by atoms with Gasteiger partial charge in [0, 0.05) is 5.69 Å². The van der Waals surface area contributed by atoms with E-state index in [-0.39, 0.29) is 16.7 Å². The maximum atomic E-state index is 13.0. The molecule has 1 N–H and O–H groups in total. The maximum absolute atomic E-state index is 13.0. The van der Waals surface area contributed by atoms with Gasteiger partial charge in [0.1, 0.15) is 5.82 Å². The average Bonchev–Trinajstić information content (AvgIpc) is 3.05. The van der Waals surface area contributed by atoms with Gasteiger partial charge in [-0.15, -0.1) is 0 Å². The summed E-state index contributed by atoms with van der Waals surface area (Å²) in [6.07, 6.45) is 0. The van der Waals surface area contributed by atoms with Crippen LogP contribution in [0.4, 0.5) is 15.8 Å². The molecule has 1 heterocycles. The van der Waals surface area contributed by atoms with Crippen LogP contribution in [-0.4, -0.2) is 30.3 Å². The van der Waals surface area contributed by atoms with Gasteiger partial charge in [-0.05, 0) is 73.5 Å². The molecule has 1 aliphatic heterocycles. The van der Waals surface area contributed by atoms with E-state index in [9.17, 15) is 23.6 Å². The lowest BCUT2D eigenvalue weighted by molar-refractivity contribution is -0.119. The zero-order valence-electron chi connectivity index (χ0n) is 17.8. The van der Waals surface area contributed by atoms with Crippen LogP contribution in [0.1, 0.15) is 42.2 Å². The maximum Gasteiger partial charge on any atom is 0.338 e. The average molecular weight is 446 g/mol. The SMILES string of the molecule is Cc1cccc(N2C(=O)c3ccc(C(=O)OCC(=O)Nc4ccc(F)cc4)cc3C2=O)c1C. The molecule has 0 bridgehead atoms. The minimum atomic E-state index is -0.822. The number of rotatable bonds is 5. The van der Waals surface area contributed by atoms with Crippen molar-refractivity contribution in [1.82, 2.24) is 0 Å². The highest BCUT2D eigenvalue weighted by Gasteiger charge is 2.38. The summed E-state index contributed by atoms with van der Waals surface area (Å²) < 4.78 is 18.0. The normalized spacial score (nSPS) is 12.5. The summed E-state index contributed by atoms with van der Waals surface area (Å²) in [6.45, 7) is 3.14. The van der Waals surface area contributed by atoms with E-state index in [1.54, 1.807) is 12.1 Å². The van der Waals surface area contributed by atoms with Gasteiger partial charge < -0.3 is 10.1 Å². The Kier molecular flexibility index (Phi) is 5.74. The fourth-order valence-electron chi connectivity index (χ4n) is 3.51. The monoisotopic (exact) mass is 446 g/mol. The molecule has 0 saturated carbocycles. The Morgan fingerprint density at radius 2 is 1.64 bits per heavy atom. The number of ether oxygens (including phenoxy) is 1. The molecule has 3 aromatic carbocycles. The largest absolute Gasteiger partial charge is 0.452 e. The first-order valence-electron chi connectivity index (χ1n) is 10.1. The Morgan fingerprint density at radius 1 is 0.939 bits per heavy atom. The number of aryl methyl sites for hydroxylation is 1. The summed E-state index contributed by atoms with van der Waals surface area (Å²) in [5.74, 6) is -2.88. The van der Waals surface area contributed by atoms with Crippen LogP contribution in [0, 0.1) is 19.7 Å². The molecular formula is C25H19FN2O5. The minimum absolute atomic E-state index is 0.0345. The standard InChI is InChI=1S/C25H19FN2O5/c1-14-4-3-5-21(15(14)2)28-23(30)19-11-6-16(12-20(19)24(28)31)25(32)33-13-22(29)27-18-9-7-17(26)8-10-18/h3-12H,13H2,1-2H3,(H,27,29). The van der Waals surface area contributed by atoms with Gasteiger partial charge in [0.25, 0.3) is 17.7 Å². The van der Waals surface area contributed by atoms with Gasteiger partial charge in [-0.2, -0.15) is 0 Å². The Labute approximate surface area is 188 Å². The van der Waals surface area contributed by atoms with Crippen molar-refractivity contribution in [2.45, 2.75) is 13.8 Å². The second kappa shape index (κ2) is 8.66. The number of amides is 3. The summed E-state index contributed by atoms with van der Waals surface area (Å²) >= 11 is 0. The van der Waals surface area contributed by atoms with Crippen LogP contribution in [0.3, 0.4) is 0 Å². The van der Waals surface area contributed by atoms with Gasteiger partial charge >= 0.3 is 5.97 Å². The quantitative estimate of drug-likeness (QED) is 0.472. The zero-order chi connectivity index (χ0) is 23.7. The van der Waals surface area contributed by atoms with E-state index in [2.05, 4.69) is 5.32 Å². The van der Waals surface area contributed by atoms with E-state index in [0.717, 1.165) is 16.0 Å². The third-order valence-electron chi connectivity index (χ3n) is 5.40. The van der Waals surface area contributed by atoms with Crippen molar-refractivity contribution in [2.75, 3.05) is 16.8 Å². The summed E-state index contributed by atoms with van der Waals surface area (Å²) in [6, 6.07) is 14.5. The first-order valence-corrected chi connectivity index (χ1v) is 10.1. The topological polar surface area (TPSA) is 92.8 Å². The lowest BCUT2D eigenvalue weighted by atomic mass is 10.1.